The lowest BCUT2D eigenvalue weighted by molar-refractivity contribution is -0.135. The van der Waals surface area contributed by atoms with Crippen molar-refractivity contribution >= 4 is 23.5 Å². The first kappa shape index (κ1) is 22.1. The zero-order chi connectivity index (χ0) is 23.7. The third-order valence-corrected chi connectivity index (χ3v) is 7.00. The molecule has 0 spiro atoms. The van der Waals surface area contributed by atoms with Crippen molar-refractivity contribution in [1.82, 2.24) is 0 Å². The number of nitrogens with zero attached hydrogens (tertiary/aromatic N) is 1. The minimum absolute atomic E-state index is 0.111. The van der Waals surface area contributed by atoms with E-state index in [1.807, 2.05) is 60.7 Å². The van der Waals surface area contributed by atoms with Gasteiger partial charge in [0.2, 0.25) is 11.8 Å². The number of imide groups is 1. The maximum atomic E-state index is 13.2. The molecule has 1 heterocycles. The fourth-order valence-corrected chi connectivity index (χ4v) is 5.24. The molecule has 1 aliphatic heterocycles. The number of carbonyl (C=O) groups excluding carboxylic acids is 3. The summed E-state index contributed by atoms with van der Waals surface area (Å²) in [5.41, 5.74) is 2.22. The number of fused-ring (bicyclic) bond motifs is 1. The average Bonchev–Trinajstić information content (AvgIpc) is 3.10. The lowest BCUT2D eigenvalue weighted by Crippen LogP contribution is -2.30. The number of rotatable bonds is 5. The molecule has 2 fully saturated rings. The van der Waals surface area contributed by atoms with E-state index in [1.54, 1.807) is 24.3 Å². The van der Waals surface area contributed by atoms with Gasteiger partial charge in [-0.25, -0.2) is 0 Å². The standard InChI is InChI=1S/C29H27NO4/c1-19-12-17-24-25(18-19)28(32)30(27(24)31)22-13-15-23(16-14-22)34-29(33)26(20-8-4-2-5-9-20)21-10-6-3-7-11-21/h2-11,13-16,19,24-26H,12,17-18H2,1H3/t19-,24-,25-/m1/s1. The monoisotopic (exact) mass is 453 g/mol. The molecule has 1 aliphatic carbocycles. The Kier molecular flexibility index (Phi) is 6.01. The molecule has 2 amide bonds. The quantitative estimate of drug-likeness (QED) is 0.297. The van der Waals surface area contributed by atoms with E-state index in [4.69, 9.17) is 4.74 Å². The molecule has 5 nitrogen and oxygen atoms in total. The van der Waals surface area contributed by atoms with Crippen molar-refractivity contribution in [2.24, 2.45) is 17.8 Å². The van der Waals surface area contributed by atoms with Gasteiger partial charge in [-0.05, 0) is 60.6 Å². The molecular formula is C29H27NO4. The molecule has 1 saturated carbocycles. The average molecular weight is 454 g/mol. The fraction of sp³-hybridized carbons (Fsp3) is 0.276. The third kappa shape index (κ3) is 4.14. The molecule has 2 aliphatic rings. The molecule has 5 heteroatoms. The number of hydrogen-bond acceptors (Lipinski definition) is 4. The second kappa shape index (κ2) is 9.26. The summed E-state index contributed by atoms with van der Waals surface area (Å²) >= 11 is 0. The van der Waals surface area contributed by atoms with Crippen LogP contribution in [0.1, 0.15) is 43.2 Å². The third-order valence-electron chi connectivity index (χ3n) is 7.00. The molecule has 3 aromatic carbocycles. The van der Waals surface area contributed by atoms with E-state index < -0.39 is 11.9 Å². The molecule has 5 rings (SSSR count). The second-order valence-electron chi connectivity index (χ2n) is 9.31. The molecule has 34 heavy (non-hydrogen) atoms. The SMILES string of the molecule is C[C@@H]1CC[C@H]2C(=O)N(c3ccc(OC(=O)C(c4ccccc4)c4ccccc4)cc3)C(=O)[C@@H]2C1. The highest BCUT2D eigenvalue weighted by atomic mass is 16.5. The summed E-state index contributed by atoms with van der Waals surface area (Å²) in [6.45, 7) is 2.14. The van der Waals surface area contributed by atoms with Gasteiger partial charge in [-0.2, -0.15) is 0 Å². The van der Waals surface area contributed by atoms with E-state index >= 15 is 0 Å². The Bertz CT molecular complexity index is 1150. The highest BCUT2D eigenvalue weighted by Gasteiger charge is 2.49. The van der Waals surface area contributed by atoms with Gasteiger partial charge in [-0.3, -0.25) is 19.3 Å². The van der Waals surface area contributed by atoms with Crippen LogP contribution in [0.3, 0.4) is 0 Å². The first-order valence-electron chi connectivity index (χ1n) is 11.8. The van der Waals surface area contributed by atoms with Crippen LogP contribution in [0.25, 0.3) is 0 Å². The predicted molar refractivity (Wildman–Crippen MR) is 129 cm³/mol. The first-order valence-corrected chi connectivity index (χ1v) is 11.8. The fourth-order valence-electron chi connectivity index (χ4n) is 5.24. The van der Waals surface area contributed by atoms with Crippen LogP contribution in [0, 0.1) is 17.8 Å². The van der Waals surface area contributed by atoms with Gasteiger partial charge in [-0.15, -0.1) is 0 Å². The van der Waals surface area contributed by atoms with Crippen molar-refractivity contribution < 1.29 is 19.1 Å². The van der Waals surface area contributed by atoms with Gasteiger partial charge in [0.25, 0.3) is 0 Å². The largest absolute Gasteiger partial charge is 0.426 e. The van der Waals surface area contributed by atoms with Crippen LogP contribution in [0.4, 0.5) is 5.69 Å². The number of benzene rings is 3. The minimum atomic E-state index is -0.561. The van der Waals surface area contributed by atoms with Gasteiger partial charge in [0, 0.05) is 0 Å². The zero-order valence-electron chi connectivity index (χ0n) is 19.1. The lowest BCUT2D eigenvalue weighted by atomic mass is 9.76. The lowest BCUT2D eigenvalue weighted by Gasteiger charge is -2.25. The number of amides is 2. The van der Waals surface area contributed by atoms with Gasteiger partial charge < -0.3 is 4.74 Å². The molecule has 0 bridgehead atoms. The molecule has 0 N–H and O–H groups in total. The van der Waals surface area contributed by atoms with E-state index in [9.17, 15) is 14.4 Å². The Hall–Kier alpha value is -3.73. The van der Waals surface area contributed by atoms with Crippen LogP contribution >= 0.6 is 0 Å². The molecule has 0 aromatic heterocycles. The van der Waals surface area contributed by atoms with Crippen LogP contribution in [0.2, 0.25) is 0 Å². The number of ether oxygens (including phenoxy) is 1. The van der Waals surface area contributed by atoms with E-state index in [0.717, 1.165) is 30.4 Å². The summed E-state index contributed by atoms with van der Waals surface area (Å²) in [7, 11) is 0. The summed E-state index contributed by atoms with van der Waals surface area (Å²) in [6.07, 6.45) is 2.51. The van der Waals surface area contributed by atoms with Crippen molar-refractivity contribution in [3.8, 4) is 5.75 Å². The van der Waals surface area contributed by atoms with Crippen LogP contribution in [-0.4, -0.2) is 17.8 Å². The van der Waals surface area contributed by atoms with Gasteiger partial charge in [-0.1, -0.05) is 67.6 Å². The zero-order valence-corrected chi connectivity index (χ0v) is 19.1. The summed E-state index contributed by atoms with van der Waals surface area (Å²) in [6, 6.07) is 25.7. The summed E-state index contributed by atoms with van der Waals surface area (Å²) in [5, 5.41) is 0. The van der Waals surface area contributed by atoms with Gasteiger partial charge in [0.1, 0.15) is 11.7 Å². The van der Waals surface area contributed by atoms with Crippen LogP contribution in [0.5, 0.6) is 5.75 Å². The Morgan fingerprint density at radius 2 is 1.35 bits per heavy atom. The van der Waals surface area contributed by atoms with E-state index in [1.165, 1.54) is 4.90 Å². The smallest absolute Gasteiger partial charge is 0.323 e. The number of carbonyl (C=O) groups is 3. The topological polar surface area (TPSA) is 63.7 Å². The minimum Gasteiger partial charge on any atom is -0.426 e. The van der Waals surface area contributed by atoms with Crippen molar-refractivity contribution in [2.45, 2.75) is 32.1 Å². The van der Waals surface area contributed by atoms with Gasteiger partial charge >= 0.3 is 5.97 Å². The number of anilines is 1. The Morgan fingerprint density at radius 3 is 1.94 bits per heavy atom. The maximum absolute atomic E-state index is 13.2. The molecule has 0 radical (unpaired) electrons. The predicted octanol–water partition coefficient (Wildman–Crippen LogP) is 5.35. The molecule has 172 valence electrons. The molecule has 3 aromatic rings. The highest BCUT2D eigenvalue weighted by molar-refractivity contribution is 6.22. The van der Waals surface area contributed by atoms with Gasteiger partial charge in [0.05, 0.1) is 17.5 Å². The van der Waals surface area contributed by atoms with Gasteiger partial charge in [0.15, 0.2) is 0 Å². The summed E-state index contributed by atoms with van der Waals surface area (Å²) in [5.74, 6) is -0.769. The normalized spacial score (nSPS) is 22.1. The molecule has 1 saturated heterocycles. The second-order valence-corrected chi connectivity index (χ2v) is 9.31. The van der Waals surface area contributed by atoms with Crippen LogP contribution < -0.4 is 9.64 Å². The molecule has 0 unspecified atom stereocenters. The van der Waals surface area contributed by atoms with E-state index in [-0.39, 0.29) is 23.7 Å². The summed E-state index contributed by atoms with van der Waals surface area (Å²) < 4.78 is 5.74. The Morgan fingerprint density at radius 1 is 0.794 bits per heavy atom. The molecular weight excluding hydrogens is 426 g/mol. The maximum Gasteiger partial charge on any atom is 0.323 e. The first-order chi connectivity index (χ1) is 16.5. The summed E-state index contributed by atoms with van der Waals surface area (Å²) in [4.78, 5) is 40.5. The van der Waals surface area contributed by atoms with Crippen LogP contribution in [0.15, 0.2) is 84.9 Å². The molecule has 3 atom stereocenters. The number of esters is 1. The van der Waals surface area contributed by atoms with E-state index in [0.29, 0.717) is 17.4 Å². The van der Waals surface area contributed by atoms with Crippen molar-refractivity contribution in [3.05, 3.63) is 96.1 Å². The number of hydrogen-bond donors (Lipinski definition) is 0. The Labute approximate surface area is 199 Å². The Balaban J connectivity index is 1.35. The highest BCUT2D eigenvalue weighted by Crippen LogP contribution is 2.42. The van der Waals surface area contributed by atoms with Crippen molar-refractivity contribution in [3.63, 3.8) is 0 Å². The van der Waals surface area contributed by atoms with Crippen molar-refractivity contribution in [1.29, 1.82) is 0 Å². The van der Waals surface area contributed by atoms with E-state index in [2.05, 4.69) is 6.92 Å². The van der Waals surface area contributed by atoms with Crippen molar-refractivity contribution in [2.75, 3.05) is 4.90 Å². The van der Waals surface area contributed by atoms with Crippen LogP contribution in [-0.2, 0) is 14.4 Å².